The number of hydrogen-bond donors (Lipinski definition) is 0. The molecular formula is C38H22O2. The summed E-state index contributed by atoms with van der Waals surface area (Å²) in [4.78, 5) is 0. The molecule has 9 aromatic rings. The number of hydrogen-bond acceptors (Lipinski definition) is 2. The molecule has 2 nitrogen and oxygen atoms in total. The average molecular weight is 511 g/mol. The van der Waals surface area contributed by atoms with Gasteiger partial charge in [0.05, 0.1) is 5.39 Å². The first-order valence-electron chi connectivity index (χ1n) is 13.6. The van der Waals surface area contributed by atoms with Crippen LogP contribution in [0.4, 0.5) is 0 Å². The maximum atomic E-state index is 6.65. The Morgan fingerprint density at radius 2 is 0.900 bits per heavy atom. The van der Waals surface area contributed by atoms with Crippen molar-refractivity contribution in [3.05, 3.63) is 133 Å². The number of furan rings is 2. The summed E-state index contributed by atoms with van der Waals surface area (Å²) in [5.74, 6) is 0. The highest BCUT2D eigenvalue weighted by atomic mass is 16.3. The lowest BCUT2D eigenvalue weighted by atomic mass is 9.85. The van der Waals surface area contributed by atoms with Gasteiger partial charge in [0, 0.05) is 16.2 Å². The molecule has 0 spiro atoms. The molecule has 2 aromatic heterocycles. The van der Waals surface area contributed by atoms with Gasteiger partial charge in [0.2, 0.25) is 0 Å². The fourth-order valence-electron chi connectivity index (χ4n) is 6.63. The topological polar surface area (TPSA) is 26.3 Å². The molecule has 7 aromatic carbocycles. The van der Waals surface area contributed by atoms with Crippen LogP contribution in [0, 0.1) is 0 Å². The largest absolute Gasteiger partial charge is 0.456 e. The lowest BCUT2D eigenvalue weighted by molar-refractivity contribution is 0.663. The van der Waals surface area contributed by atoms with Crippen LogP contribution in [0.15, 0.2) is 142 Å². The van der Waals surface area contributed by atoms with E-state index in [1.54, 1.807) is 0 Å². The molecule has 0 unspecified atom stereocenters. The predicted octanol–water partition coefficient (Wildman–Crippen LogP) is 11.1. The molecular weight excluding hydrogens is 488 g/mol. The normalized spacial score (nSPS) is 12.0. The third kappa shape index (κ3) is 2.88. The Morgan fingerprint density at radius 1 is 0.325 bits per heavy atom. The first-order chi connectivity index (χ1) is 19.9. The van der Waals surface area contributed by atoms with Gasteiger partial charge in [-0.05, 0) is 68.1 Å². The summed E-state index contributed by atoms with van der Waals surface area (Å²) in [6.07, 6.45) is 0. The van der Waals surface area contributed by atoms with E-state index in [-0.39, 0.29) is 0 Å². The van der Waals surface area contributed by atoms with Crippen molar-refractivity contribution < 1.29 is 8.83 Å². The van der Waals surface area contributed by atoms with Gasteiger partial charge in [-0.1, -0.05) is 109 Å². The van der Waals surface area contributed by atoms with Crippen LogP contribution in [0.3, 0.4) is 0 Å². The summed E-state index contributed by atoms with van der Waals surface area (Å²) in [6.45, 7) is 0. The van der Waals surface area contributed by atoms with Gasteiger partial charge in [-0.25, -0.2) is 0 Å². The zero-order chi connectivity index (χ0) is 26.2. The van der Waals surface area contributed by atoms with Crippen molar-refractivity contribution in [2.75, 3.05) is 0 Å². The molecule has 2 heterocycles. The molecule has 9 rings (SSSR count). The van der Waals surface area contributed by atoms with Crippen molar-refractivity contribution in [1.29, 1.82) is 0 Å². The van der Waals surface area contributed by atoms with Crippen LogP contribution >= 0.6 is 0 Å². The molecule has 40 heavy (non-hydrogen) atoms. The van der Waals surface area contributed by atoms with Crippen molar-refractivity contribution in [3.8, 4) is 22.3 Å². The van der Waals surface area contributed by atoms with Crippen LogP contribution < -0.4 is 0 Å². The number of benzene rings is 7. The number of fused-ring (bicyclic) bond motifs is 9. The van der Waals surface area contributed by atoms with Gasteiger partial charge in [-0.3, -0.25) is 0 Å². The summed E-state index contributed by atoms with van der Waals surface area (Å²) < 4.78 is 12.8. The van der Waals surface area contributed by atoms with Gasteiger partial charge in [-0.15, -0.1) is 0 Å². The molecule has 2 heteroatoms. The van der Waals surface area contributed by atoms with Gasteiger partial charge in [0.1, 0.15) is 22.3 Å². The third-order valence-corrected chi connectivity index (χ3v) is 8.27. The Morgan fingerprint density at radius 3 is 1.62 bits per heavy atom. The minimum atomic E-state index is 0.845. The lowest BCUT2D eigenvalue weighted by Gasteiger charge is -2.18. The molecule has 0 N–H and O–H groups in total. The molecule has 0 amide bonds. The van der Waals surface area contributed by atoms with Crippen LogP contribution in [0.5, 0.6) is 0 Å². The average Bonchev–Trinajstić information content (AvgIpc) is 3.58. The molecule has 0 aliphatic rings. The van der Waals surface area contributed by atoms with Crippen LogP contribution in [0.1, 0.15) is 0 Å². The van der Waals surface area contributed by atoms with Gasteiger partial charge in [-0.2, -0.15) is 0 Å². The molecule has 0 aliphatic carbocycles. The third-order valence-electron chi connectivity index (χ3n) is 8.27. The summed E-state index contributed by atoms with van der Waals surface area (Å²) in [7, 11) is 0. The van der Waals surface area contributed by atoms with Crippen LogP contribution in [-0.4, -0.2) is 0 Å². The molecule has 186 valence electrons. The van der Waals surface area contributed by atoms with E-state index in [0.29, 0.717) is 0 Å². The first kappa shape index (κ1) is 21.6. The monoisotopic (exact) mass is 510 g/mol. The SMILES string of the molecule is c1ccc(-c2c3ccccc3c(-c3cccc4oc5c(ccc6oc7ccccc7c65)c34)c3ccccc23)cc1. The van der Waals surface area contributed by atoms with Crippen molar-refractivity contribution in [2.45, 2.75) is 0 Å². The van der Waals surface area contributed by atoms with Crippen molar-refractivity contribution in [2.24, 2.45) is 0 Å². The van der Waals surface area contributed by atoms with E-state index in [2.05, 4.69) is 121 Å². The maximum Gasteiger partial charge on any atom is 0.147 e. The highest BCUT2D eigenvalue weighted by Gasteiger charge is 2.22. The summed E-state index contributed by atoms with van der Waals surface area (Å²) in [5.41, 5.74) is 8.38. The molecule has 0 aliphatic heterocycles. The van der Waals surface area contributed by atoms with E-state index >= 15 is 0 Å². The minimum Gasteiger partial charge on any atom is -0.456 e. The fourth-order valence-corrected chi connectivity index (χ4v) is 6.63. The lowest BCUT2D eigenvalue weighted by Crippen LogP contribution is -1.91. The molecule has 0 radical (unpaired) electrons. The highest BCUT2D eigenvalue weighted by Crippen LogP contribution is 2.48. The van der Waals surface area contributed by atoms with E-state index in [1.807, 2.05) is 12.1 Å². The van der Waals surface area contributed by atoms with E-state index in [0.717, 1.165) is 43.9 Å². The second-order valence-corrected chi connectivity index (χ2v) is 10.4. The molecule has 0 bridgehead atoms. The zero-order valence-electron chi connectivity index (χ0n) is 21.5. The first-order valence-corrected chi connectivity index (χ1v) is 13.6. The van der Waals surface area contributed by atoms with Crippen LogP contribution in [0.2, 0.25) is 0 Å². The second kappa shape index (κ2) is 8.08. The predicted molar refractivity (Wildman–Crippen MR) is 167 cm³/mol. The van der Waals surface area contributed by atoms with E-state index in [4.69, 9.17) is 8.83 Å². The summed E-state index contributed by atoms with van der Waals surface area (Å²) >= 11 is 0. The molecule has 0 saturated heterocycles. The smallest absolute Gasteiger partial charge is 0.147 e. The Bertz CT molecular complexity index is 2370. The van der Waals surface area contributed by atoms with Crippen molar-refractivity contribution in [1.82, 2.24) is 0 Å². The van der Waals surface area contributed by atoms with Crippen molar-refractivity contribution >= 4 is 65.4 Å². The Labute approximate surface area is 229 Å². The van der Waals surface area contributed by atoms with E-state index in [1.165, 1.54) is 43.8 Å². The Kier molecular flexibility index (Phi) is 4.36. The van der Waals surface area contributed by atoms with Gasteiger partial charge in [0.25, 0.3) is 0 Å². The summed E-state index contributed by atoms with van der Waals surface area (Å²) in [5, 5.41) is 9.30. The van der Waals surface area contributed by atoms with E-state index in [9.17, 15) is 0 Å². The maximum absolute atomic E-state index is 6.65. The number of rotatable bonds is 2. The Hall–Kier alpha value is -5.34. The van der Waals surface area contributed by atoms with Gasteiger partial charge >= 0.3 is 0 Å². The minimum absolute atomic E-state index is 0.845. The second-order valence-electron chi connectivity index (χ2n) is 10.4. The van der Waals surface area contributed by atoms with E-state index < -0.39 is 0 Å². The molecule has 0 atom stereocenters. The number of para-hydroxylation sites is 1. The summed E-state index contributed by atoms with van der Waals surface area (Å²) in [6, 6.07) is 47.2. The highest BCUT2D eigenvalue weighted by molar-refractivity contribution is 6.28. The quantitative estimate of drug-likeness (QED) is 0.216. The van der Waals surface area contributed by atoms with Gasteiger partial charge in [0.15, 0.2) is 0 Å². The Balaban J connectivity index is 1.46. The van der Waals surface area contributed by atoms with Crippen LogP contribution in [0.25, 0.3) is 87.7 Å². The van der Waals surface area contributed by atoms with Gasteiger partial charge < -0.3 is 8.83 Å². The fraction of sp³-hybridized carbons (Fsp3) is 0. The molecule has 0 fully saturated rings. The standard InChI is InChI=1S/C38H22O2/c1-2-11-23(12-3-1)34-24-13-4-6-15-26(24)35(27-16-7-5-14-25(27)34)29-18-10-20-32-36(29)30-21-22-33-37(38(30)40-32)28-17-8-9-19-31(28)39-33/h1-22H. The van der Waals surface area contributed by atoms with Crippen LogP contribution in [-0.2, 0) is 0 Å². The molecule has 0 saturated carbocycles. The van der Waals surface area contributed by atoms with Crippen molar-refractivity contribution in [3.63, 3.8) is 0 Å². The zero-order valence-corrected chi connectivity index (χ0v) is 21.5.